The lowest BCUT2D eigenvalue weighted by Crippen LogP contribution is -2.32. The Balaban J connectivity index is 2.64. The van der Waals surface area contributed by atoms with E-state index in [1.165, 1.54) is 0 Å². The normalized spacial score (nSPS) is 15.7. The van der Waals surface area contributed by atoms with Crippen LogP contribution >= 0.6 is 0 Å². The van der Waals surface area contributed by atoms with Crippen molar-refractivity contribution in [2.75, 3.05) is 13.1 Å². The van der Waals surface area contributed by atoms with Crippen LogP contribution in [-0.4, -0.2) is 43.2 Å². The molecule has 1 heterocycles. The molecular formula is C16H15F6N3O4. The topological polar surface area (TPSA) is 115 Å². The molecule has 160 valence electrons. The number of hydrogen-bond acceptors (Lipinski definition) is 6. The Morgan fingerprint density at radius 2 is 1.52 bits per heavy atom. The van der Waals surface area contributed by atoms with Crippen molar-refractivity contribution in [2.45, 2.75) is 31.1 Å². The maximum absolute atomic E-state index is 12.7. The number of carbonyl (C=O) groups excluding carboxylic acids is 2. The molecule has 1 aliphatic heterocycles. The van der Waals surface area contributed by atoms with Gasteiger partial charge in [0.25, 0.3) is 0 Å². The molecule has 0 unspecified atom stereocenters. The maximum Gasteiger partial charge on any atom is 0.491 e. The van der Waals surface area contributed by atoms with Crippen molar-refractivity contribution in [3.05, 3.63) is 23.3 Å². The zero-order valence-corrected chi connectivity index (χ0v) is 14.5. The van der Waals surface area contributed by atoms with E-state index in [9.17, 15) is 35.9 Å². The van der Waals surface area contributed by atoms with Crippen molar-refractivity contribution < 1.29 is 45.4 Å². The molecule has 2 rings (SSSR count). The first kappa shape index (κ1) is 22.5. The Morgan fingerprint density at radius 3 is 2.00 bits per heavy atom. The standard InChI is InChI=1S/C16H15F6N3O4/c17-15(18,19)13(26)28-9-2-1-8(12(23)24)11(29-14(27)16(20,21)22)10(9)7-3-5-25-6-4-7/h1-2,7,25H,3-6H2,(H3,23,24). The zero-order valence-electron chi connectivity index (χ0n) is 14.5. The summed E-state index contributed by atoms with van der Waals surface area (Å²) < 4.78 is 84.7. The Kier molecular flexibility index (Phi) is 6.40. The van der Waals surface area contributed by atoms with Crippen molar-refractivity contribution in [1.82, 2.24) is 5.32 Å². The fraction of sp³-hybridized carbons (Fsp3) is 0.438. The summed E-state index contributed by atoms with van der Waals surface area (Å²) >= 11 is 0. The van der Waals surface area contributed by atoms with Gasteiger partial charge in [0.15, 0.2) is 0 Å². The molecule has 0 aromatic heterocycles. The lowest BCUT2D eigenvalue weighted by atomic mass is 9.87. The van der Waals surface area contributed by atoms with Gasteiger partial charge in [0.05, 0.1) is 5.56 Å². The predicted molar refractivity (Wildman–Crippen MR) is 85.7 cm³/mol. The second kappa shape index (κ2) is 8.27. The van der Waals surface area contributed by atoms with Gasteiger partial charge in [-0.2, -0.15) is 26.3 Å². The molecule has 0 atom stereocenters. The van der Waals surface area contributed by atoms with E-state index < -0.39 is 53.1 Å². The van der Waals surface area contributed by atoms with Crippen molar-refractivity contribution in [2.24, 2.45) is 5.73 Å². The summed E-state index contributed by atoms with van der Waals surface area (Å²) in [5, 5.41) is 10.5. The molecule has 0 spiro atoms. The summed E-state index contributed by atoms with van der Waals surface area (Å²) in [4.78, 5) is 22.6. The third-order valence-corrected chi connectivity index (χ3v) is 4.05. The number of rotatable bonds is 4. The molecule has 0 bridgehead atoms. The van der Waals surface area contributed by atoms with Crippen molar-refractivity contribution in [1.29, 1.82) is 5.41 Å². The molecule has 4 N–H and O–H groups in total. The van der Waals surface area contributed by atoms with E-state index in [-0.39, 0.29) is 18.4 Å². The van der Waals surface area contributed by atoms with Crippen LogP contribution in [0.2, 0.25) is 0 Å². The van der Waals surface area contributed by atoms with Gasteiger partial charge in [0.1, 0.15) is 17.3 Å². The molecule has 29 heavy (non-hydrogen) atoms. The molecule has 1 aromatic rings. The molecule has 0 radical (unpaired) electrons. The van der Waals surface area contributed by atoms with Crippen molar-refractivity contribution in [3.8, 4) is 11.5 Å². The van der Waals surface area contributed by atoms with Crippen LogP contribution in [0, 0.1) is 5.41 Å². The van der Waals surface area contributed by atoms with Crippen LogP contribution in [0.1, 0.15) is 29.9 Å². The van der Waals surface area contributed by atoms with Gasteiger partial charge in [0.2, 0.25) is 0 Å². The molecule has 1 saturated heterocycles. The summed E-state index contributed by atoms with van der Waals surface area (Å²) in [6.45, 7) is 0.711. The SMILES string of the molecule is N=C(N)c1ccc(OC(=O)C(F)(F)F)c(C2CCNCC2)c1OC(=O)C(F)(F)F. The number of carbonyl (C=O) groups is 2. The van der Waals surface area contributed by atoms with Gasteiger partial charge in [-0.3, -0.25) is 5.41 Å². The number of esters is 2. The van der Waals surface area contributed by atoms with Gasteiger partial charge < -0.3 is 20.5 Å². The number of hydrogen-bond donors (Lipinski definition) is 3. The maximum atomic E-state index is 12.7. The largest absolute Gasteiger partial charge is 0.491 e. The highest BCUT2D eigenvalue weighted by Gasteiger charge is 2.44. The quantitative estimate of drug-likeness (QED) is 0.224. The summed E-state index contributed by atoms with van der Waals surface area (Å²) in [7, 11) is 0. The predicted octanol–water partition coefficient (Wildman–Crippen LogP) is 2.37. The fourth-order valence-electron chi connectivity index (χ4n) is 2.80. The van der Waals surface area contributed by atoms with Crippen molar-refractivity contribution >= 4 is 17.8 Å². The second-order valence-electron chi connectivity index (χ2n) is 6.07. The number of halogens is 6. The summed E-state index contributed by atoms with van der Waals surface area (Å²) in [6, 6.07) is 1.70. The van der Waals surface area contributed by atoms with Gasteiger partial charge in [-0.25, -0.2) is 9.59 Å². The molecule has 7 nitrogen and oxygen atoms in total. The Labute approximate surface area is 159 Å². The summed E-state index contributed by atoms with van der Waals surface area (Å²) in [5.74, 6) is -8.36. The van der Waals surface area contributed by atoms with E-state index in [1.54, 1.807) is 0 Å². The Bertz CT molecular complexity index is 816. The molecule has 1 fully saturated rings. The number of nitrogen functional groups attached to an aromatic ring is 1. The van der Waals surface area contributed by atoms with Crippen LogP contribution < -0.4 is 20.5 Å². The van der Waals surface area contributed by atoms with E-state index in [4.69, 9.17) is 11.1 Å². The molecule has 0 aliphatic carbocycles. The second-order valence-corrected chi connectivity index (χ2v) is 6.07. The third-order valence-electron chi connectivity index (χ3n) is 4.05. The number of amidine groups is 1. The minimum atomic E-state index is -5.42. The fourth-order valence-corrected chi connectivity index (χ4v) is 2.80. The minimum absolute atomic E-state index is 0.231. The number of alkyl halides is 6. The lowest BCUT2D eigenvalue weighted by Gasteiger charge is -2.27. The Hall–Kier alpha value is -2.83. The number of piperidine rings is 1. The highest BCUT2D eigenvalue weighted by atomic mass is 19.4. The van der Waals surface area contributed by atoms with Gasteiger partial charge in [0, 0.05) is 5.56 Å². The smallest absolute Gasteiger partial charge is 0.419 e. The summed E-state index contributed by atoms with van der Waals surface area (Å²) in [6.07, 6.45) is -10.3. The molecule has 13 heteroatoms. The first-order valence-corrected chi connectivity index (χ1v) is 8.12. The zero-order chi connectivity index (χ0) is 22.0. The van der Waals surface area contributed by atoms with E-state index in [2.05, 4.69) is 14.8 Å². The van der Waals surface area contributed by atoms with Crippen LogP contribution in [0.15, 0.2) is 12.1 Å². The van der Waals surface area contributed by atoms with Gasteiger partial charge in [-0.1, -0.05) is 0 Å². The molecule has 0 amide bonds. The van der Waals surface area contributed by atoms with Crippen LogP contribution in [0.4, 0.5) is 26.3 Å². The highest BCUT2D eigenvalue weighted by Crippen LogP contribution is 2.43. The lowest BCUT2D eigenvalue weighted by molar-refractivity contribution is -0.190. The average molecular weight is 427 g/mol. The Morgan fingerprint density at radius 1 is 1.00 bits per heavy atom. The van der Waals surface area contributed by atoms with Gasteiger partial charge >= 0.3 is 24.3 Å². The van der Waals surface area contributed by atoms with Crippen LogP contribution in [0.25, 0.3) is 0 Å². The molecule has 0 saturated carbocycles. The van der Waals surface area contributed by atoms with Crippen LogP contribution in [-0.2, 0) is 9.59 Å². The average Bonchev–Trinajstić information content (AvgIpc) is 2.60. The first-order chi connectivity index (χ1) is 13.3. The minimum Gasteiger partial charge on any atom is -0.419 e. The molecule has 1 aromatic carbocycles. The number of benzene rings is 1. The number of ether oxygens (including phenoxy) is 2. The van der Waals surface area contributed by atoms with Crippen LogP contribution in [0.3, 0.4) is 0 Å². The monoisotopic (exact) mass is 427 g/mol. The van der Waals surface area contributed by atoms with Gasteiger partial charge in [-0.05, 0) is 44.0 Å². The third kappa shape index (κ3) is 5.37. The van der Waals surface area contributed by atoms with Crippen LogP contribution in [0.5, 0.6) is 11.5 Å². The molecule has 1 aliphatic rings. The van der Waals surface area contributed by atoms with E-state index in [0.717, 1.165) is 12.1 Å². The van der Waals surface area contributed by atoms with E-state index in [0.29, 0.717) is 13.1 Å². The van der Waals surface area contributed by atoms with Crippen molar-refractivity contribution in [3.63, 3.8) is 0 Å². The van der Waals surface area contributed by atoms with E-state index in [1.807, 2.05) is 0 Å². The first-order valence-electron chi connectivity index (χ1n) is 8.12. The highest BCUT2D eigenvalue weighted by molar-refractivity contribution is 5.99. The number of nitrogens with one attached hydrogen (secondary N) is 2. The summed E-state index contributed by atoms with van der Waals surface area (Å²) in [5.41, 5.74) is 4.51. The number of nitrogens with two attached hydrogens (primary N) is 1. The van der Waals surface area contributed by atoms with E-state index >= 15 is 0 Å². The molecular weight excluding hydrogens is 412 g/mol. The van der Waals surface area contributed by atoms with Gasteiger partial charge in [-0.15, -0.1) is 0 Å².